The Morgan fingerprint density at radius 3 is 2.62 bits per heavy atom. The largest absolute Gasteiger partial charge is 0.489 e. The number of benzene rings is 1. The van der Waals surface area contributed by atoms with Gasteiger partial charge < -0.3 is 15.0 Å². The van der Waals surface area contributed by atoms with Crippen LogP contribution in [0.5, 0.6) is 5.75 Å². The smallest absolute Gasteiger partial charge is 0.262 e. The monoisotopic (exact) mass is 350 g/mol. The number of hydrogen-bond donors (Lipinski definition) is 1. The van der Waals surface area contributed by atoms with Crippen molar-refractivity contribution in [1.82, 2.24) is 13.9 Å². The Bertz CT molecular complexity index is 834. The minimum atomic E-state index is -3.92. The van der Waals surface area contributed by atoms with Crippen molar-refractivity contribution in [2.45, 2.75) is 23.6 Å². The van der Waals surface area contributed by atoms with Crippen LogP contribution in [0.15, 0.2) is 47.9 Å². The number of imidazole rings is 1. The summed E-state index contributed by atoms with van der Waals surface area (Å²) in [6, 6.07) is 8.08. The Morgan fingerprint density at radius 2 is 2.04 bits per heavy atom. The second-order valence-electron chi connectivity index (χ2n) is 5.66. The maximum absolute atomic E-state index is 12.7. The number of primary amides is 1. The summed E-state index contributed by atoms with van der Waals surface area (Å²) in [6.45, 7) is 0.0431. The quantitative estimate of drug-likeness (QED) is 0.824. The van der Waals surface area contributed by atoms with Crippen molar-refractivity contribution in [3.05, 3.63) is 42.9 Å². The molecule has 8 nitrogen and oxygen atoms in total. The van der Waals surface area contributed by atoms with Crippen LogP contribution in [0, 0.1) is 0 Å². The summed E-state index contributed by atoms with van der Waals surface area (Å²) >= 11 is 0. The molecule has 0 spiro atoms. The van der Waals surface area contributed by atoms with Gasteiger partial charge >= 0.3 is 0 Å². The zero-order chi connectivity index (χ0) is 17.3. The van der Waals surface area contributed by atoms with Gasteiger partial charge in [0.1, 0.15) is 17.9 Å². The third kappa shape index (κ3) is 3.13. The molecule has 0 radical (unpaired) electrons. The van der Waals surface area contributed by atoms with E-state index in [1.165, 1.54) is 17.1 Å². The second kappa shape index (κ2) is 6.25. The number of rotatable bonds is 5. The maximum atomic E-state index is 12.7. The highest BCUT2D eigenvalue weighted by Gasteiger charge is 2.44. The highest BCUT2D eigenvalue weighted by atomic mass is 32.2. The van der Waals surface area contributed by atoms with Crippen molar-refractivity contribution in [3.63, 3.8) is 0 Å². The van der Waals surface area contributed by atoms with E-state index < -0.39 is 28.1 Å². The predicted molar refractivity (Wildman–Crippen MR) is 85.6 cm³/mol. The van der Waals surface area contributed by atoms with Gasteiger partial charge in [0.15, 0.2) is 5.03 Å². The Balaban J connectivity index is 1.85. The van der Waals surface area contributed by atoms with Crippen LogP contribution in [-0.2, 0) is 21.9 Å². The van der Waals surface area contributed by atoms with Crippen molar-refractivity contribution >= 4 is 15.9 Å². The van der Waals surface area contributed by atoms with Crippen LogP contribution in [0.4, 0.5) is 0 Å². The first-order valence-corrected chi connectivity index (χ1v) is 8.83. The van der Waals surface area contributed by atoms with E-state index in [0.29, 0.717) is 5.75 Å². The first kappa shape index (κ1) is 16.5. The molecule has 1 aliphatic heterocycles. The number of carbonyl (C=O) groups excluding carboxylic acids is 1. The third-order valence-electron chi connectivity index (χ3n) is 3.85. The molecule has 2 aromatic rings. The van der Waals surface area contributed by atoms with Gasteiger partial charge in [0, 0.05) is 19.7 Å². The Hall–Kier alpha value is -2.39. The summed E-state index contributed by atoms with van der Waals surface area (Å²) < 4.78 is 33.9. The lowest BCUT2D eigenvalue weighted by Gasteiger charge is -2.19. The van der Waals surface area contributed by atoms with E-state index in [1.54, 1.807) is 19.2 Å². The summed E-state index contributed by atoms with van der Waals surface area (Å²) in [5, 5.41) is -0.114. The molecular weight excluding hydrogens is 332 g/mol. The van der Waals surface area contributed by atoms with Crippen molar-refractivity contribution in [1.29, 1.82) is 0 Å². The van der Waals surface area contributed by atoms with Crippen molar-refractivity contribution in [3.8, 4) is 5.75 Å². The van der Waals surface area contributed by atoms with Crippen LogP contribution in [0.25, 0.3) is 0 Å². The van der Waals surface area contributed by atoms with E-state index in [9.17, 15) is 13.2 Å². The van der Waals surface area contributed by atoms with E-state index in [-0.39, 0.29) is 18.0 Å². The number of para-hydroxylation sites is 1. The van der Waals surface area contributed by atoms with Gasteiger partial charge in [0.05, 0.1) is 12.9 Å². The molecule has 24 heavy (non-hydrogen) atoms. The third-order valence-corrected chi connectivity index (χ3v) is 5.61. The van der Waals surface area contributed by atoms with Gasteiger partial charge in [0.2, 0.25) is 5.91 Å². The minimum absolute atomic E-state index is 0.0431. The van der Waals surface area contributed by atoms with E-state index >= 15 is 0 Å². The Morgan fingerprint density at radius 1 is 1.33 bits per heavy atom. The fraction of sp³-hybridized carbons (Fsp3) is 0.333. The number of nitrogens with zero attached hydrogens (tertiary/aromatic N) is 3. The molecule has 0 bridgehead atoms. The molecule has 128 valence electrons. The van der Waals surface area contributed by atoms with Gasteiger partial charge in [-0.15, -0.1) is 0 Å². The molecule has 1 fully saturated rings. The zero-order valence-electron chi connectivity index (χ0n) is 13.1. The van der Waals surface area contributed by atoms with Crippen LogP contribution >= 0.6 is 0 Å². The Kier molecular flexibility index (Phi) is 4.29. The fourth-order valence-corrected chi connectivity index (χ4v) is 4.32. The number of amides is 1. The summed E-state index contributed by atoms with van der Waals surface area (Å²) in [7, 11) is -2.25. The number of nitrogens with two attached hydrogens (primary N) is 1. The van der Waals surface area contributed by atoms with E-state index in [1.807, 2.05) is 18.2 Å². The first-order chi connectivity index (χ1) is 11.4. The van der Waals surface area contributed by atoms with E-state index in [0.717, 1.165) is 4.31 Å². The normalized spacial score (nSPS) is 21.7. The number of hydrogen-bond acceptors (Lipinski definition) is 5. The molecule has 1 aromatic heterocycles. The molecule has 2 N–H and O–H groups in total. The zero-order valence-corrected chi connectivity index (χ0v) is 13.9. The lowest BCUT2D eigenvalue weighted by molar-refractivity contribution is -0.121. The number of carbonyl (C=O) groups is 1. The molecule has 1 aromatic carbocycles. The van der Waals surface area contributed by atoms with Crippen LogP contribution in [0.2, 0.25) is 0 Å². The molecule has 2 heterocycles. The molecular formula is C15H18N4O4S. The molecule has 1 aliphatic rings. The standard InChI is InChI=1S/C15H18N4O4S/c1-18-9-14(17-10-18)24(21,22)19-8-12(7-13(19)15(16)20)23-11-5-3-2-4-6-11/h2-6,9-10,12-13H,7-8H2,1H3,(H2,16,20)/t12-,13-/m0/s1. The highest BCUT2D eigenvalue weighted by Crippen LogP contribution is 2.28. The van der Waals surface area contributed by atoms with Crippen LogP contribution in [0.1, 0.15) is 6.42 Å². The highest BCUT2D eigenvalue weighted by molar-refractivity contribution is 7.89. The van der Waals surface area contributed by atoms with Crippen molar-refractivity contribution < 1.29 is 17.9 Å². The Labute approximate surface area is 139 Å². The van der Waals surface area contributed by atoms with Crippen LogP contribution in [0.3, 0.4) is 0 Å². The molecule has 0 saturated carbocycles. The van der Waals surface area contributed by atoms with Gasteiger partial charge in [0.25, 0.3) is 10.0 Å². The van der Waals surface area contributed by atoms with Crippen molar-refractivity contribution in [2.75, 3.05) is 6.54 Å². The fourth-order valence-electron chi connectivity index (χ4n) is 2.71. The topological polar surface area (TPSA) is 108 Å². The molecule has 3 rings (SSSR count). The maximum Gasteiger partial charge on any atom is 0.262 e. The van der Waals surface area contributed by atoms with Gasteiger partial charge in [-0.25, -0.2) is 13.4 Å². The van der Waals surface area contributed by atoms with E-state index in [2.05, 4.69) is 4.98 Å². The molecule has 9 heteroatoms. The van der Waals surface area contributed by atoms with Crippen LogP contribution in [-0.4, -0.2) is 46.9 Å². The molecule has 1 amide bonds. The molecule has 0 aliphatic carbocycles. The van der Waals surface area contributed by atoms with Gasteiger partial charge in [-0.05, 0) is 12.1 Å². The molecule has 0 unspecified atom stereocenters. The number of ether oxygens (including phenoxy) is 1. The summed E-state index contributed by atoms with van der Waals surface area (Å²) in [4.78, 5) is 15.6. The van der Waals surface area contributed by atoms with Crippen molar-refractivity contribution in [2.24, 2.45) is 12.8 Å². The molecule has 1 saturated heterocycles. The first-order valence-electron chi connectivity index (χ1n) is 7.39. The summed E-state index contributed by atoms with van der Waals surface area (Å²) in [5.74, 6) is -0.0866. The van der Waals surface area contributed by atoms with Crippen LogP contribution < -0.4 is 10.5 Å². The molecule has 2 atom stereocenters. The second-order valence-corrected chi connectivity index (χ2v) is 7.50. The average molecular weight is 350 g/mol. The van der Waals surface area contributed by atoms with Gasteiger partial charge in [-0.1, -0.05) is 18.2 Å². The number of aromatic nitrogens is 2. The van der Waals surface area contributed by atoms with Gasteiger partial charge in [-0.3, -0.25) is 4.79 Å². The lowest BCUT2D eigenvalue weighted by Crippen LogP contribution is -2.43. The number of sulfonamides is 1. The number of aryl methyl sites for hydroxylation is 1. The SMILES string of the molecule is Cn1cnc(S(=O)(=O)N2C[C@@H](Oc3ccccc3)C[C@H]2C(N)=O)c1. The lowest BCUT2D eigenvalue weighted by atomic mass is 10.2. The predicted octanol–water partition coefficient (Wildman–Crippen LogP) is 0.116. The summed E-state index contributed by atoms with van der Waals surface area (Å²) in [6.07, 6.45) is 2.53. The average Bonchev–Trinajstić information content (AvgIpc) is 3.15. The minimum Gasteiger partial charge on any atom is -0.489 e. The van der Waals surface area contributed by atoms with E-state index in [4.69, 9.17) is 10.5 Å². The van der Waals surface area contributed by atoms with Gasteiger partial charge in [-0.2, -0.15) is 4.31 Å². The summed E-state index contributed by atoms with van der Waals surface area (Å²) in [5.41, 5.74) is 5.40.